The number of aromatic nitrogens is 2. The van der Waals surface area contributed by atoms with Gasteiger partial charge in [0.25, 0.3) is 0 Å². The smallest absolute Gasteiger partial charge is 0.358 e. The van der Waals surface area contributed by atoms with Crippen LogP contribution in [-0.4, -0.2) is 22.4 Å². The number of hydrogen-bond donors (Lipinski definition) is 1. The molecule has 2 N–H and O–H groups in total. The zero-order chi connectivity index (χ0) is 12.3. The lowest BCUT2D eigenvalue weighted by Crippen LogP contribution is -2.19. The van der Waals surface area contributed by atoms with Gasteiger partial charge in [-0.1, -0.05) is 19.3 Å². The van der Waals surface area contributed by atoms with Crippen molar-refractivity contribution >= 4 is 11.7 Å². The highest BCUT2D eigenvalue weighted by atomic mass is 16.5. The van der Waals surface area contributed by atoms with Crippen molar-refractivity contribution in [2.45, 2.75) is 32.1 Å². The summed E-state index contributed by atoms with van der Waals surface area (Å²) in [6, 6.07) is 0. The summed E-state index contributed by atoms with van der Waals surface area (Å²) in [6.45, 7) is 0.503. The molecule has 1 aromatic heterocycles. The normalized spacial score (nSPS) is 17.0. The fourth-order valence-corrected chi connectivity index (χ4v) is 2.32. The van der Waals surface area contributed by atoms with Crippen LogP contribution in [-0.2, 0) is 11.8 Å². The van der Waals surface area contributed by atoms with Crippen molar-refractivity contribution in [2.24, 2.45) is 13.0 Å². The molecule has 1 aliphatic carbocycles. The SMILES string of the molecule is Cn1ncc(N)c1C(=O)OCC1CCCCC1. The van der Waals surface area contributed by atoms with Crippen LogP contribution in [0.1, 0.15) is 42.6 Å². The first kappa shape index (κ1) is 12.0. The van der Waals surface area contributed by atoms with Crippen molar-refractivity contribution in [3.05, 3.63) is 11.9 Å². The summed E-state index contributed by atoms with van der Waals surface area (Å²) >= 11 is 0. The number of nitrogens with zero attached hydrogens (tertiary/aromatic N) is 2. The lowest BCUT2D eigenvalue weighted by molar-refractivity contribution is 0.0399. The van der Waals surface area contributed by atoms with Crippen LogP contribution in [0, 0.1) is 5.92 Å². The van der Waals surface area contributed by atoms with Gasteiger partial charge in [-0.3, -0.25) is 4.68 Å². The first-order valence-electron chi connectivity index (χ1n) is 6.13. The van der Waals surface area contributed by atoms with Crippen molar-refractivity contribution in [3.8, 4) is 0 Å². The van der Waals surface area contributed by atoms with E-state index in [0.29, 0.717) is 23.9 Å². The zero-order valence-electron chi connectivity index (χ0n) is 10.2. The van der Waals surface area contributed by atoms with Gasteiger partial charge < -0.3 is 10.5 Å². The predicted molar refractivity (Wildman–Crippen MR) is 64.5 cm³/mol. The summed E-state index contributed by atoms with van der Waals surface area (Å²) in [5.41, 5.74) is 6.39. The second-order valence-corrected chi connectivity index (χ2v) is 4.67. The predicted octanol–water partition coefficient (Wildman–Crippen LogP) is 1.74. The minimum Gasteiger partial charge on any atom is -0.461 e. The van der Waals surface area contributed by atoms with Crippen LogP contribution >= 0.6 is 0 Å². The molecule has 1 saturated carbocycles. The van der Waals surface area contributed by atoms with Gasteiger partial charge in [-0.2, -0.15) is 5.10 Å². The van der Waals surface area contributed by atoms with E-state index in [0.717, 1.165) is 12.8 Å². The Morgan fingerprint density at radius 3 is 2.82 bits per heavy atom. The van der Waals surface area contributed by atoms with E-state index in [1.807, 2.05) is 0 Å². The fraction of sp³-hybridized carbons (Fsp3) is 0.667. The number of aryl methyl sites for hydroxylation is 1. The Morgan fingerprint density at radius 1 is 1.53 bits per heavy atom. The maximum absolute atomic E-state index is 11.8. The van der Waals surface area contributed by atoms with Crippen molar-refractivity contribution in [2.75, 3.05) is 12.3 Å². The molecular weight excluding hydrogens is 218 g/mol. The first-order valence-corrected chi connectivity index (χ1v) is 6.13. The van der Waals surface area contributed by atoms with Gasteiger partial charge in [-0.25, -0.2) is 4.79 Å². The maximum atomic E-state index is 11.8. The van der Waals surface area contributed by atoms with Crippen molar-refractivity contribution in [1.29, 1.82) is 0 Å². The minimum atomic E-state index is -0.368. The first-order chi connectivity index (χ1) is 8.18. The third-order valence-corrected chi connectivity index (χ3v) is 3.34. The fourth-order valence-electron chi connectivity index (χ4n) is 2.32. The molecule has 5 nitrogen and oxygen atoms in total. The number of carbonyl (C=O) groups excluding carboxylic acids is 1. The molecule has 0 aromatic carbocycles. The Balaban J connectivity index is 1.89. The van der Waals surface area contributed by atoms with E-state index in [4.69, 9.17) is 10.5 Å². The maximum Gasteiger partial charge on any atom is 0.358 e. The molecule has 2 rings (SSSR count). The van der Waals surface area contributed by atoms with Crippen LogP contribution < -0.4 is 5.73 Å². The van der Waals surface area contributed by atoms with Crippen LogP contribution in [0.4, 0.5) is 5.69 Å². The summed E-state index contributed by atoms with van der Waals surface area (Å²) < 4.78 is 6.76. The van der Waals surface area contributed by atoms with Gasteiger partial charge >= 0.3 is 5.97 Å². The quantitative estimate of drug-likeness (QED) is 0.813. The average Bonchev–Trinajstić information content (AvgIpc) is 2.67. The lowest BCUT2D eigenvalue weighted by Gasteiger charge is -2.21. The van der Waals surface area contributed by atoms with E-state index in [9.17, 15) is 4.79 Å². The highest BCUT2D eigenvalue weighted by Crippen LogP contribution is 2.24. The number of nitrogen functional groups attached to an aromatic ring is 1. The minimum absolute atomic E-state index is 0.348. The summed E-state index contributed by atoms with van der Waals surface area (Å²) in [6.07, 6.45) is 7.59. The molecular formula is C12H19N3O2. The number of esters is 1. The Labute approximate surface area is 101 Å². The largest absolute Gasteiger partial charge is 0.461 e. The van der Waals surface area contributed by atoms with Gasteiger partial charge in [0.2, 0.25) is 0 Å². The van der Waals surface area contributed by atoms with E-state index in [1.165, 1.54) is 30.1 Å². The molecule has 1 aromatic rings. The zero-order valence-corrected chi connectivity index (χ0v) is 10.2. The summed E-state index contributed by atoms with van der Waals surface area (Å²) in [7, 11) is 1.69. The number of ether oxygens (including phenoxy) is 1. The van der Waals surface area contributed by atoms with E-state index >= 15 is 0 Å². The van der Waals surface area contributed by atoms with E-state index in [1.54, 1.807) is 7.05 Å². The Hall–Kier alpha value is -1.52. The van der Waals surface area contributed by atoms with Gasteiger partial charge in [-0.05, 0) is 18.8 Å². The van der Waals surface area contributed by atoms with Crippen molar-refractivity contribution in [3.63, 3.8) is 0 Å². The van der Waals surface area contributed by atoms with Crippen LogP contribution in [0.5, 0.6) is 0 Å². The standard InChI is InChI=1S/C12H19N3O2/c1-15-11(10(13)7-14-15)12(16)17-8-9-5-3-2-4-6-9/h7,9H,2-6,8,13H2,1H3. The molecule has 1 aliphatic rings. The van der Waals surface area contributed by atoms with Crippen LogP contribution in [0.2, 0.25) is 0 Å². The molecule has 0 saturated heterocycles. The number of hydrogen-bond acceptors (Lipinski definition) is 4. The molecule has 0 atom stereocenters. The Bertz CT molecular complexity index is 375. The number of rotatable bonds is 3. The number of nitrogens with two attached hydrogens (primary N) is 1. The molecule has 0 amide bonds. The van der Waals surface area contributed by atoms with Crippen LogP contribution in [0.15, 0.2) is 6.20 Å². The van der Waals surface area contributed by atoms with Gasteiger partial charge in [0, 0.05) is 7.05 Å². The molecule has 0 aliphatic heterocycles. The highest BCUT2D eigenvalue weighted by Gasteiger charge is 2.19. The van der Waals surface area contributed by atoms with Gasteiger partial charge in [0.1, 0.15) is 0 Å². The summed E-state index contributed by atoms with van der Waals surface area (Å²) in [5, 5.41) is 3.92. The van der Waals surface area contributed by atoms with Gasteiger partial charge in [0.05, 0.1) is 18.5 Å². The van der Waals surface area contributed by atoms with Crippen LogP contribution in [0.3, 0.4) is 0 Å². The number of carbonyl (C=O) groups is 1. The van der Waals surface area contributed by atoms with E-state index < -0.39 is 0 Å². The molecule has 1 fully saturated rings. The molecule has 0 bridgehead atoms. The Kier molecular flexibility index (Phi) is 3.66. The van der Waals surface area contributed by atoms with Crippen LogP contribution in [0.25, 0.3) is 0 Å². The molecule has 0 unspecified atom stereocenters. The molecule has 0 spiro atoms. The van der Waals surface area contributed by atoms with Gasteiger partial charge in [0.15, 0.2) is 5.69 Å². The van der Waals surface area contributed by atoms with Crippen molar-refractivity contribution in [1.82, 2.24) is 9.78 Å². The third kappa shape index (κ3) is 2.78. The molecule has 17 heavy (non-hydrogen) atoms. The summed E-state index contributed by atoms with van der Waals surface area (Å²) in [5.74, 6) is 0.148. The lowest BCUT2D eigenvalue weighted by atomic mass is 9.90. The summed E-state index contributed by atoms with van der Waals surface area (Å²) in [4.78, 5) is 11.8. The van der Waals surface area contributed by atoms with E-state index in [2.05, 4.69) is 5.10 Å². The second kappa shape index (κ2) is 5.21. The Morgan fingerprint density at radius 2 is 2.24 bits per heavy atom. The van der Waals surface area contributed by atoms with Crippen molar-refractivity contribution < 1.29 is 9.53 Å². The monoisotopic (exact) mass is 237 g/mol. The highest BCUT2D eigenvalue weighted by molar-refractivity contribution is 5.92. The number of anilines is 1. The third-order valence-electron chi connectivity index (χ3n) is 3.34. The average molecular weight is 237 g/mol. The second-order valence-electron chi connectivity index (χ2n) is 4.67. The molecule has 0 radical (unpaired) electrons. The molecule has 5 heteroatoms. The van der Waals surface area contributed by atoms with Gasteiger partial charge in [-0.15, -0.1) is 0 Å². The molecule has 94 valence electrons. The van der Waals surface area contributed by atoms with E-state index in [-0.39, 0.29) is 5.97 Å². The topological polar surface area (TPSA) is 70.1 Å². The molecule has 1 heterocycles.